The lowest BCUT2D eigenvalue weighted by Gasteiger charge is -2.16. The zero-order chi connectivity index (χ0) is 14.5. The van der Waals surface area contributed by atoms with Crippen molar-refractivity contribution in [1.29, 1.82) is 0 Å². The lowest BCUT2D eigenvalue weighted by atomic mass is 10.1. The van der Waals surface area contributed by atoms with Gasteiger partial charge in [-0.1, -0.05) is 47.5 Å². The minimum absolute atomic E-state index is 0.218. The van der Waals surface area contributed by atoms with Gasteiger partial charge in [-0.25, -0.2) is 0 Å². The van der Waals surface area contributed by atoms with Crippen LogP contribution in [0.3, 0.4) is 0 Å². The maximum absolute atomic E-state index is 9.79. The normalized spacial score (nSPS) is 12.3. The molecule has 1 unspecified atom stereocenters. The molecule has 1 atom stereocenters. The molecule has 106 valence electrons. The molecule has 0 saturated heterocycles. The molecule has 0 aliphatic rings. The van der Waals surface area contributed by atoms with Gasteiger partial charge >= 0.3 is 0 Å². The van der Waals surface area contributed by atoms with E-state index in [9.17, 15) is 5.11 Å². The molecule has 0 amide bonds. The summed E-state index contributed by atoms with van der Waals surface area (Å²) < 4.78 is 0. The lowest BCUT2D eigenvalue weighted by Crippen LogP contribution is -2.27. The van der Waals surface area contributed by atoms with E-state index >= 15 is 0 Å². The fourth-order valence-corrected chi connectivity index (χ4v) is 2.51. The Balaban J connectivity index is 1.96. The van der Waals surface area contributed by atoms with E-state index in [2.05, 4.69) is 12.2 Å². The number of halogens is 2. The van der Waals surface area contributed by atoms with Crippen molar-refractivity contribution in [2.24, 2.45) is 0 Å². The summed E-state index contributed by atoms with van der Waals surface area (Å²) in [5, 5.41) is 14.5. The van der Waals surface area contributed by atoms with Crippen LogP contribution < -0.4 is 5.32 Å². The number of rotatable bonds is 5. The molecule has 2 aromatic carbocycles. The molecule has 0 bridgehead atoms. The summed E-state index contributed by atoms with van der Waals surface area (Å²) in [7, 11) is 0. The minimum Gasteiger partial charge on any atom is -0.508 e. The SMILES string of the molecule is CC(Cc1ccccc1Cl)NCc1c(O)cccc1Cl. The van der Waals surface area contributed by atoms with Crippen molar-refractivity contribution in [2.45, 2.75) is 25.9 Å². The van der Waals surface area contributed by atoms with Crippen molar-refractivity contribution in [3.05, 3.63) is 63.6 Å². The third kappa shape index (κ3) is 3.89. The Morgan fingerprint density at radius 3 is 2.45 bits per heavy atom. The molecule has 0 fully saturated rings. The van der Waals surface area contributed by atoms with Gasteiger partial charge in [-0.15, -0.1) is 0 Å². The molecule has 2 rings (SSSR count). The highest BCUT2D eigenvalue weighted by Crippen LogP contribution is 2.25. The average Bonchev–Trinajstić information content (AvgIpc) is 2.41. The molecule has 20 heavy (non-hydrogen) atoms. The zero-order valence-corrected chi connectivity index (χ0v) is 12.7. The predicted molar refractivity (Wildman–Crippen MR) is 84.6 cm³/mol. The minimum atomic E-state index is 0.218. The van der Waals surface area contributed by atoms with E-state index in [-0.39, 0.29) is 11.8 Å². The molecule has 0 aromatic heterocycles. The van der Waals surface area contributed by atoms with Crippen molar-refractivity contribution in [1.82, 2.24) is 5.32 Å². The van der Waals surface area contributed by atoms with E-state index in [1.807, 2.05) is 24.3 Å². The van der Waals surface area contributed by atoms with E-state index in [0.29, 0.717) is 11.6 Å². The van der Waals surface area contributed by atoms with Crippen molar-refractivity contribution < 1.29 is 5.11 Å². The topological polar surface area (TPSA) is 32.3 Å². The highest BCUT2D eigenvalue weighted by atomic mass is 35.5. The Hall–Kier alpha value is -1.22. The van der Waals surface area contributed by atoms with Crippen LogP contribution in [0.25, 0.3) is 0 Å². The first-order valence-electron chi connectivity index (χ1n) is 6.51. The van der Waals surface area contributed by atoms with Gasteiger partial charge in [0.05, 0.1) is 0 Å². The van der Waals surface area contributed by atoms with Crippen molar-refractivity contribution >= 4 is 23.2 Å². The quantitative estimate of drug-likeness (QED) is 0.857. The van der Waals surface area contributed by atoms with Crippen LogP contribution >= 0.6 is 23.2 Å². The largest absolute Gasteiger partial charge is 0.508 e. The Kier molecular flexibility index (Phi) is 5.30. The summed E-state index contributed by atoms with van der Waals surface area (Å²) in [4.78, 5) is 0. The van der Waals surface area contributed by atoms with Crippen LogP contribution in [0.1, 0.15) is 18.1 Å². The third-order valence-corrected chi connectivity index (χ3v) is 3.93. The van der Waals surface area contributed by atoms with Crippen molar-refractivity contribution in [3.63, 3.8) is 0 Å². The monoisotopic (exact) mass is 309 g/mol. The van der Waals surface area contributed by atoms with Gasteiger partial charge in [0, 0.05) is 28.2 Å². The van der Waals surface area contributed by atoms with Crippen LogP contribution in [0.15, 0.2) is 42.5 Å². The van der Waals surface area contributed by atoms with Crippen molar-refractivity contribution in [3.8, 4) is 5.75 Å². The highest BCUT2D eigenvalue weighted by molar-refractivity contribution is 6.31. The zero-order valence-electron chi connectivity index (χ0n) is 11.2. The Bertz CT molecular complexity index is 566. The number of hydrogen-bond acceptors (Lipinski definition) is 2. The summed E-state index contributed by atoms with van der Waals surface area (Å²) in [6, 6.07) is 13.2. The number of nitrogens with one attached hydrogen (secondary N) is 1. The van der Waals surface area contributed by atoms with Gasteiger partial charge in [0.25, 0.3) is 0 Å². The third-order valence-electron chi connectivity index (χ3n) is 3.21. The Labute approximate surface area is 129 Å². The van der Waals surface area contributed by atoms with E-state index < -0.39 is 0 Å². The Morgan fingerprint density at radius 1 is 1.05 bits per heavy atom. The maximum atomic E-state index is 9.79. The van der Waals surface area contributed by atoms with Crippen LogP contribution in [0, 0.1) is 0 Å². The molecule has 2 nitrogen and oxygen atoms in total. The second-order valence-corrected chi connectivity index (χ2v) is 5.63. The van der Waals surface area contributed by atoms with E-state index in [1.54, 1.807) is 18.2 Å². The fraction of sp³-hybridized carbons (Fsp3) is 0.250. The van der Waals surface area contributed by atoms with Gasteiger partial charge in [0.1, 0.15) is 5.75 Å². The second kappa shape index (κ2) is 6.98. The molecule has 2 N–H and O–H groups in total. The number of hydrogen-bond donors (Lipinski definition) is 2. The first kappa shape index (κ1) is 15.2. The molecule has 2 aromatic rings. The summed E-state index contributed by atoms with van der Waals surface area (Å²) >= 11 is 12.2. The summed E-state index contributed by atoms with van der Waals surface area (Å²) in [6.45, 7) is 2.61. The average molecular weight is 310 g/mol. The van der Waals surface area contributed by atoms with Crippen LogP contribution in [0.5, 0.6) is 5.75 Å². The van der Waals surface area contributed by atoms with Gasteiger partial charge in [0.15, 0.2) is 0 Å². The number of benzene rings is 2. The van der Waals surface area contributed by atoms with Gasteiger partial charge in [0.2, 0.25) is 0 Å². The lowest BCUT2D eigenvalue weighted by molar-refractivity contribution is 0.458. The van der Waals surface area contributed by atoms with E-state index in [4.69, 9.17) is 23.2 Å². The summed E-state index contributed by atoms with van der Waals surface area (Å²) in [5.41, 5.74) is 1.83. The molecule has 0 saturated carbocycles. The molecule has 0 heterocycles. The first-order valence-corrected chi connectivity index (χ1v) is 7.26. The number of phenols is 1. The Morgan fingerprint density at radius 2 is 1.75 bits per heavy atom. The van der Waals surface area contributed by atoms with Crippen LogP contribution in [0.2, 0.25) is 10.0 Å². The highest BCUT2D eigenvalue weighted by Gasteiger charge is 2.09. The molecular weight excluding hydrogens is 293 g/mol. The second-order valence-electron chi connectivity index (χ2n) is 4.81. The molecule has 0 radical (unpaired) electrons. The van der Waals surface area contributed by atoms with Gasteiger partial charge < -0.3 is 10.4 Å². The smallest absolute Gasteiger partial charge is 0.121 e. The van der Waals surface area contributed by atoms with Gasteiger partial charge in [-0.3, -0.25) is 0 Å². The number of phenolic OH excluding ortho intramolecular Hbond substituents is 1. The van der Waals surface area contributed by atoms with E-state index in [0.717, 1.165) is 22.6 Å². The van der Waals surface area contributed by atoms with Crippen LogP contribution in [-0.4, -0.2) is 11.1 Å². The van der Waals surface area contributed by atoms with E-state index in [1.165, 1.54) is 0 Å². The van der Waals surface area contributed by atoms with Crippen molar-refractivity contribution in [2.75, 3.05) is 0 Å². The predicted octanol–water partition coefficient (Wildman–Crippen LogP) is 4.42. The molecular formula is C16H17Cl2NO. The molecule has 4 heteroatoms. The summed E-state index contributed by atoms with van der Waals surface area (Å²) in [5.74, 6) is 0.218. The number of aromatic hydroxyl groups is 1. The molecule has 0 aliphatic carbocycles. The molecule has 0 spiro atoms. The van der Waals surface area contributed by atoms with Gasteiger partial charge in [-0.2, -0.15) is 0 Å². The van der Waals surface area contributed by atoms with Crippen LogP contribution in [-0.2, 0) is 13.0 Å². The molecule has 0 aliphatic heterocycles. The standard InChI is InChI=1S/C16H17Cl2NO/c1-11(9-12-5-2-3-6-14(12)17)19-10-13-15(18)7-4-8-16(13)20/h2-8,11,19-20H,9-10H2,1H3. The first-order chi connectivity index (χ1) is 9.58. The fourth-order valence-electron chi connectivity index (χ4n) is 2.06. The summed E-state index contributed by atoms with van der Waals surface area (Å²) in [6.07, 6.45) is 0.824. The maximum Gasteiger partial charge on any atom is 0.121 e. The van der Waals surface area contributed by atoms with Gasteiger partial charge in [-0.05, 0) is 37.1 Å². The van der Waals surface area contributed by atoms with Crippen LogP contribution in [0.4, 0.5) is 0 Å².